The van der Waals surface area contributed by atoms with Crippen LogP contribution in [0, 0.1) is 0 Å². The summed E-state index contributed by atoms with van der Waals surface area (Å²) in [5, 5.41) is 0.939. The van der Waals surface area contributed by atoms with Crippen molar-refractivity contribution in [1.82, 2.24) is 9.55 Å². The zero-order valence-corrected chi connectivity index (χ0v) is 9.00. The molecule has 2 nitrogen and oxygen atoms in total. The smallest absolute Gasteiger partial charge is 0.0948 e. The number of allylic oxidation sites excluding steroid dienone is 1. The van der Waals surface area contributed by atoms with E-state index in [-0.39, 0.29) is 0 Å². The number of hydrogen-bond acceptors (Lipinski definition) is 1. The van der Waals surface area contributed by atoms with Gasteiger partial charge in [0, 0.05) is 12.4 Å². The van der Waals surface area contributed by atoms with Gasteiger partial charge in [0.25, 0.3) is 0 Å². The van der Waals surface area contributed by atoms with Gasteiger partial charge in [0.05, 0.1) is 18.2 Å². The van der Waals surface area contributed by atoms with E-state index in [1.807, 2.05) is 24.1 Å². The Kier molecular flexibility index (Phi) is 3.53. The molecule has 0 saturated carbocycles. The van der Waals surface area contributed by atoms with Crippen molar-refractivity contribution in [1.29, 1.82) is 0 Å². The average molecular weight is 229 g/mol. The maximum Gasteiger partial charge on any atom is 0.0948 e. The fourth-order valence-electron chi connectivity index (χ4n) is 0.951. The van der Waals surface area contributed by atoms with Crippen molar-refractivity contribution in [2.24, 2.45) is 7.05 Å². The van der Waals surface area contributed by atoms with Crippen LogP contribution in [0.25, 0.3) is 6.08 Å². The summed E-state index contributed by atoms with van der Waals surface area (Å²) < 4.78 is 2.01. The molecule has 0 atom stereocenters. The normalized spacial score (nSPS) is 12.1. The Labute approximate surface area is 81.4 Å². The number of aromatic nitrogens is 2. The Hall–Kier alpha value is -0.570. The maximum absolute atomic E-state index is 4.05. The second-order valence-electron chi connectivity index (χ2n) is 2.72. The molecule has 1 rings (SSSR count). The van der Waals surface area contributed by atoms with Crippen molar-refractivity contribution < 1.29 is 0 Å². The first-order valence-electron chi connectivity index (χ1n) is 3.99. The summed E-state index contributed by atoms with van der Waals surface area (Å²) in [6.07, 6.45) is 6.93. The number of halogens is 1. The molecule has 0 N–H and O–H groups in total. The highest BCUT2D eigenvalue weighted by Crippen LogP contribution is 2.10. The molecule has 1 aromatic rings. The zero-order valence-electron chi connectivity index (χ0n) is 7.42. The Morgan fingerprint density at radius 3 is 2.92 bits per heavy atom. The Balaban J connectivity index is 2.85. The van der Waals surface area contributed by atoms with Gasteiger partial charge in [-0.15, -0.1) is 0 Å². The van der Waals surface area contributed by atoms with Crippen molar-refractivity contribution in [3.05, 3.63) is 23.8 Å². The highest BCUT2D eigenvalue weighted by Gasteiger charge is 1.96. The summed E-state index contributed by atoms with van der Waals surface area (Å²) in [5.41, 5.74) is 2.55. The lowest BCUT2D eigenvalue weighted by atomic mass is 10.2. The van der Waals surface area contributed by atoms with E-state index in [9.17, 15) is 0 Å². The SMILES string of the molecule is CCC(=Cc1cncn1C)CBr. The number of alkyl halides is 1. The van der Waals surface area contributed by atoms with E-state index in [1.54, 1.807) is 0 Å². The van der Waals surface area contributed by atoms with Crippen LogP contribution in [0.1, 0.15) is 19.0 Å². The van der Waals surface area contributed by atoms with Gasteiger partial charge in [-0.05, 0) is 12.5 Å². The van der Waals surface area contributed by atoms with Crippen LogP contribution in [0.3, 0.4) is 0 Å². The van der Waals surface area contributed by atoms with Crippen molar-refractivity contribution in [2.75, 3.05) is 5.33 Å². The van der Waals surface area contributed by atoms with E-state index < -0.39 is 0 Å². The number of hydrogen-bond donors (Lipinski definition) is 0. The fourth-order valence-corrected chi connectivity index (χ4v) is 1.51. The van der Waals surface area contributed by atoms with Crippen LogP contribution in [0.4, 0.5) is 0 Å². The molecule has 0 radical (unpaired) electrons. The van der Waals surface area contributed by atoms with Gasteiger partial charge < -0.3 is 4.57 Å². The third kappa shape index (κ3) is 2.21. The molecule has 0 amide bonds. The average Bonchev–Trinajstić information content (AvgIpc) is 2.47. The predicted molar refractivity (Wildman–Crippen MR) is 55.3 cm³/mol. The molecular weight excluding hydrogens is 216 g/mol. The molecular formula is C9H13BrN2. The topological polar surface area (TPSA) is 17.8 Å². The van der Waals surface area contributed by atoms with Gasteiger partial charge in [0.15, 0.2) is 0 Å². The predicted octanol–water partition coefficient (Wildman–Crippen LogP) is 2.61. The summed E-state index contributed by atoms with van der Waals surface area (Å²) in [5.74, 6) is 0. The summed E-state index contributed by atoms with van der Waals surface area (Å²) in [6.45, 7) is 2.16. The van der Waals surface area contributed by atoms with Crippen LogP contribution >= 0.6 is 15.9 Å². The highest BCUT2D eigenvalue weighted by molar-refractivity contribution is 9.09. The summed E-state index contributed by atoms with van der Waals surface area (Å²) in [4.78, 5) is 4.05. The van der Waals surface area contributed by atoms with Crippen LogP contribution in [0.15, 0.2) is 18.1 Å². The first-order chi connectivity index (χ1) is 5.77. The lowest BCUT2D eigenvalue weighted by Crippen LogP contribution is -1.90. The van der Waals surface area contributed by atoms with E-state index in [0.717, 1.165) is 17.4 Å². The summed E-state index contributed by atoms with van der Waals surface area (Å²) >= 11 is 3.45. The van der Waals surface area contributed by atoms with Crippen LogP contribution in [0.5, 0.6) is 0 Å². The summed E-state index contributed by atoms with van der Waals surface area (Å²) in [7, 11) is 2.00. The highest BCUT2D eigenvalue weighted by atomic mass is 79.9. The van der Waals surface area contributed by atoms with Gasteiger partial charge in [-0.25, -0.2) is 4.98 Å². The molecule has 0 aliphatic carbocycles. The molecule has 0 unspecified atom stereocenters. The fraction of sp³-hybridized carbons (Fsp3) is 0.444. The number of rotatable bonds is 3. The van der Waals surface area contributed by atoms with Crippen molar-refractivity contribution >= 4 is 22.0 Å². The minimum atomic E-state index is 0.939. The maximum atomic E-state index is 4.05. The molecule has 3 heteroatoms. The molecule has 0 aliphatic heterocycles. The van der Waals surface area contributed by atoms with Crippen LogP contribution in [0.2, 0.25) is 0 Å². The van der Waals surface area contributed by atoms with E-state index in [4.69, 9.17) is 0 Å². The van der Waals surface area contributed by atoms with Crippen LogP contribution < -0.4 is 0 Å². The van der Waals surface area contributed by atoms with E-state index in [1.165, 1.54) is 5.57 Å². The largest absolute Gasteiger partial charge is 0.334 e. The molecule has 12 heavy (non-hydrogen) atoms. The van der Waals surface area contributed by atoms with Crippen molar-refractivity contribution in [3.63, 3.8) is 0 Å². The molecule has 0 fully saturated rings. The van der Waals surface area contributed by atoms with E-state index in [0.29, 0.717) is 0 Å². The standard InChI is InChI=1S/C9H13BrN2/c1-3-8(5-10)4-9-6-11-7-12(9)2/h4,6-7H,3,5H2,1-2H3. The molecule has 0 aliphatic rings. The van der Waals surface area contributed by atoms with Crippen molar-refractivity contribution in [3.8, 4) is 0 Å². The third-order valence-corrected chi connectivity index (χ3v) is 2.55. The summed E-state index contributed by atoms with van der Waals surface area (Å²) in [6, 6.07) is 0. The van der Waals surface area contributed by atoms with Crippen LogP contribution in [-0.4, -0.2) is 14.9 Å². The Bertz CT molecular complexity index is 270. The lowest BCUT2D eigenvalue weighted by Gasteiger charge is -1.99. The monoisotopic (exact) mass is 228 g/mol. The molecule has 66 valence electrons. The van der Waals surface area contributed by atoms with Gasteiger partial charge >= 0.3 is 0 Å². The first kappa shape index (κ1) is 9.52. The van der Waals surface area contributed by atoms with Gasteiger partial charge in [-0.1, -0.05) is 28.4 Å². The van der Waals surface area contributed by atoms with Gasteiger partial charge in [-0.3, -0.25) is 0 Å². The second kappa shape index (κ2) is 4.45. The molecule has 1 aromatic heterocycles. The quantitative estimate of drug-likeness (QED) is 0.728. The van der Waals surface area contributed by atoms with Crippen LogP contribution in [-0.2, 0) is 7.05 Å². The van der Waals surface area contributed by atoms with Gasteiger partial charge in [0.1, 0.15) is 0 Å². The number of imidazole rings is 1. The second-order valence-corrected chi connectivity index (χ2v) is 3.28. The number of nitrogens with zero attached hydrogens (tertiary/aromatic N) is 2. The molecule has 0 saturated heterocycles. The third-order valence-electron chi connectivity index (χ3n) is 1.83. The number of aryl methyl sites for hydroxylation is 1. The van der Waals surface area contributed by atoms with Gasteiger partial charge in [-0.2, -0.15) is 0 Å². The van der Waals surface area contributed by atoms with Crippen molar-refractivity contribution in [2.45, 2.75) is 13.3 Å². The molecule has 0 aromatic carbocycles. The first-order valence-corrected chi connectivity index (χ1v) is 5.11. The molecule has 0 bridgehead atoms. The Morgan fingerprint density at radius 2 is 2.50 bits per heavy atom. The van der Waals surface area contributed by atoms with Gasteiger partial charge in [0.2, 0.25) is 0 Å². The minimum Gasteiger partial charge on any atom is -0.334 e. The Morgan fingerprint density at radius 1 is 1.75 bits per heavy atom. The van der Waals surface area contributed by atoms with E-state index >= 15 is 0 Å². The lowest BCUT2D eigenvalue weighted by molar-refractivity contribution is 0.900. The van der Waals surface area contributed by atoms with E-state index in [2.05, 4.69) is 33.9 Å². The zero-order chi connectivity index (χ0) is 8.97. The minimum absolute atomic E-state index is 0.939. The molecule has 0 spiro atoms. The molecule has 1 heterocycles.